The number of rotatable bonds is 5. The minimum absolute atomic E-state index is 0.687. The standard InChI is InChI=1S/C16H27N3/c1-3-17-12-14-10-11-18-13-16(14)19(2)15-8-6-4-5-7-9-15/h10-11,13,15,17H,3-9,12H2,1-2H3. The van der Waals surface area contributed by atoms with Crippen molar-refractivity contribution < 1.29 is 0 Å². The molecule has 1 N–H and O–H groups in total. The zero-order valence-electron chi connectivity index (χ0n) is 12.4. The summed E-state index contributed by atoms with van der Waals surface area (Å²) in [7, 11) is 2.24. The van der Waals surface area contributed by atoms with E-state index in [9.17, 15) is 0 Å². The molecule has 0 aromatic carbocycles. The van der Waals surface area contributed by atoms with E-state index >= 15 is 0 Å². The molecule has 3 nitrogen and oxygen atoms in total. The third-order valence-electron chi connectivity index (χ3n) is 4.21. The first kappa shape index (κ1) is 14.3. The van der Waals surface area contributed by atoms with Crippen molar-refractivity contribution in [3.05, 3.63) is 24.0 Å². The van der Waals surface area contributed by atoms with Gasteiger partial charge in [0.05, 0.1) is 11.9 Å². The highest BCUT2D eigenvalue weighted by Gasteiger charge is 2.19. The lowest BCUT2D eigenvalue weighted by atomic mass is 10.1. The van der Waals surface area contributed by atoms with E-state index in [2.05, 4.69) is 35.2 Å². The summed E-state index contributed by atoms with van der Waals surface area (Å²) in [6.45, 7) is 4.09. The number of nitrogens with zero attached hydrogens (tertiary/aromatic N) is 2. The summed E-state index contributed by atoms with van der Waals surface area (Å²) in [6, 6.07) is 2.83. The molecule has 0 amide bonds. The molecule has 1 heterocycles. The Kier molecular flexibility index (Phi) is 5.64. The van der Waals surface area contributed by atoms with Crippen LogP contribution in [-0.4, -0.2) is 24.6 Å². The Balaban J connectivity index is 2.10. The fourth-order valence-electron chi connectivity index (χ4n) is 2.98. The molecule has 19 heavy (non-hydrogen) atoms. The van der Waals surface area contributed by atoms with Crippen molar-refractivity contribution >= 4 is 5.69 Å². The van der Waals surface area contributed by atoms with E-state index in [0.717, 1.165) is 13.1 Å². The van der Waals surface area contributed by atoms with E-state index in [4.69, 9.17) is 0 Å². The molecule has 0 unspecified atom stereocenters. The predicted molar refractivity (Wildman–Crippen MR) is 81.5 cm³/mol. The van der Waals surface area contributed by atoms with Crippen LogP contribution >= 0.6 is 0 Å². The molecule has 1 fully saturated rings. The maximum atomic E-state index is 4.32. The second-order valence-electron chi connectivity index (χ2n) is 5.54. The number of hydrogen-bond donors (Lipinski definition) is 1. The zero-order chi connectivity index (χ0) is 13.5. The summed E-state index contributed by atoms with van der Waals surface area (Å²) in [5, 5.41) is 3.42. The third-order valence-corrected chi connectivity index (χ3v) is 4.21. The van der Waals surface area contributed by atoms with Gasteiger partial charge in [-0.25, -0.2) is 0 Å². The fourth-order valence-corrected chi connectivity index (χ4v) is 2.98. The van der Waals surface area contributed by atoms with Gasteiger partial charge in [-0.2, -0.15) is 0 Å². The lowest BCUT2D eigenvalue weighted by Gasteiger charge is -2.30. The Morgan fingerprint density at radius 3 is 2.68 bits per heavy atom. The molecule has 0 atom stereocenters. The zero-order valence-corrected chi connectivity index (χ0v) is 12.4. The van der Waals surface area contributed by atoms with Crippen LogP contribution in [0.1, 0.15) is 51.0 Å². The van der Waals surface area contributed by atoms with Gasteiger partial charge in [-0.3, -0.25) is 4.98 Å². The number of aromatic nitrogens is 1. The third kappa shape index (κ3) is 3.93. The predicted octanol–water partition coefficient (Wildman–Crippen LogP) is 3.35. The van der Waals surface area contributed by atoms with E-state index in [1.54, 1.807) is 0 Å². The maximum Gasteiger partial charge on any atom is 0.0598 e. The number of hydrogen-bond acceptors (Lipinski definition) is 3. The molecular formula is C16H27N3. The van der Waals surface area contributed by atoms with Gasteiger partial charge in [0.15, 0.2) is 0 Å². The van der Waals surface area contributed by atoms with Gasteiger partial charge in [0.1, 0.15) is 0 Å². The Morgan fingerprint density at radius 2 is 2.00 bits per heavy atom. The minimum Gasteiger partial charge on any atom is -0.370 e. The molecule has 0 aliphatic heterocycles. The molecular weight excluding hydrogens is 234 g/mol. The average Bonchev–Trinajstić information content (AvgIpc) is 2.73. The normalized spacial score (nSPS) is 17.2. The van der Waals surface area contributed by atoms with E-state index in [1.165, 1.54) is 49.8 Å². The van der Waals surface area contributed by atoms with Gasteiger partial charge in [-0.05, 0) is 31.0 Å². The molecule has 1 aliphatic rings. The summed E-state index contributed by atoms with van der Waals surface area (Å²) in [6.07, 6.45) is 12.1. The van der Waals surface area contributed by atoms with Crippen LogP contribution in [0.15, 0.2) is 18.5 Å². The Bertz CT molecular complexity index is 370. The van der Waals surface area contributed by atoms with Crippen LogP contribution in [-0.2, 0) is 6.54 Å². The molecule has 2 rings (SSSR count). The van der Waals surface area contributed by atoms with Crippen LogP contribution in [0, 0.1) is 0 Å². The van der Waals surface area contributed by atoms with Crippen molar-refractivity contribution in [2.75, 3.05) is 18.5 Å². The lowest BCUT2D eigenvalue weighted by molar-refractivity contribution is 0.550. The van der Waals surface area contributed by atoms with Crippen molar-refractivity contribution in [1.82, 2.24) is 10.3 Å². The average molecular weight is 261 g/mol. The molecule has 1 aromatic heterocycles. The molecule has 0 radical (unpaired) electrons. The molecule has 106 valence electrons. The fraction of sp³-hybridized carbons (Fsp3) is 0.688. The van der Waals surface area contributed by atoms with Crippen LogP contribution in [0.4, 0.5) is 5.69 Å². The van der Waals surface area contributed by atoms with Gasteiger partial charge in [0.2, 0.25) is 0 Å². The highest BCUT2D eigenvalue weighted by molar-refractivity contribution is 5.51. The molecule has 0 bridgehead atoms. The van der Waals surface area contributed by atoms with Gasteiger partial charge in [0, 0.05) is 25.8 Å². The topological polar surface area (TPSA) is 28.2 Å². The van der Waals surface area contributed by atoms with E-state index in [0.29, 0.717) is 6.04 Å². The van der Waals surface area contributed by atoms with Crippen molar-refractivity contribution in [1.29, 1.82) is 0 Å². The van der Waals surface area contributed by atoms with Gasteiger partial charge in [-0.15, -0.1) is 0 Å². The second kappa shape index (κ2) is 7.49. The smallest absolute Gasteiger partial charge is 0.0598 e. The van der Waals surface area contributed by atoms with Crippen LogP contribution in [0.25, 0.3) is 0 Å². The Labute approximate surface area is 117 Å². The Morgan fingerprint density at radius 1 is 1.26 bits per heavy atom. The van der Waals surface area contributed by atoms with Crippen molar-refractivity contribution in [2.24, 2.45) is 0 Å². The van der Waals surface area contributed by atoms with Crippen molar-refractivity contribution in [3.8, 4) is 0 Å². The minimum atomic E-state index is 0.687. The largest absolute Gasteiger partial charge is 0.370 e. The van der Waals surface area contributed by atoms with Crippen molar-refractivity contribution in [3.63, 3.8) is 0 Å². The van der Waals surface area contributed by atoms with Crippen LogP contribution in [0.3, 0.4) is 0 Å². The molecule has 0 spiro atoms. The monoisotopic (exact) mass is 261 g/mol. The van der Waals surface area contributed by atoms with Gasteiger partial charge >= 0.3 is 0 Å². The summed E-state index contributed by atoms with van der Waals surface area (Å²) in [5.41, 5.74) is 2.67. The van der Waals surface area contributed by atoms with E-state index in [-0.39, 0.29) is 0 Å². The van der Waals surface area contributed by atoms with Gasteiger partial charge in [-0.1, -0.05) is 32.6 Å². The van der Waals surface area contributed by atoms with E-state index in [1.807, 2.05) is 12.4 Å². The van der Waals surface area contributed by atoms with Gasteiger partial charge < -0.3 is 10.2 Å². The second-order valence-corrected chi connectivity index (χ2v) is 5.54. The summed E-state index contributed by atoms with van der Waals surface area (Å²) in [4.78, 5) is 6.79. The highest BCUT2D eigenvalue weighted by Crippen LogP contribution is 2.27. The van der Waals surface area contributed by atoms with Crippen molar-refractivity contribution in [2.45, 2.75) is 58.0 Å². The SMILES string of the molecule is CCNCc1ccncc1N(C)C1CCCCCC1. The van der Waals surface area contributed by atoms with E-state index < -0.39 is 0 Å². The number of nitrogens with one attached hydrogen (secondary N) is 1. The first-order valence-electron chi connectivity index (χ1n) is 7.69. The summed E-state index contributed by atoms with van der Waals surface area (Å²) < 4.78 is 0. The highest BCUT2D eigenvalue weighted by atomic mass is 15.1. The first-order valence-corrected chi connectivity index (χ1v) is 7.69. The quantitative estimate of drug-likeness (QED) is 0.824. The summed E-state index contributed by atoms with van der Waals surface area (Å²) in [5.74, 6) is 0. The molecule has 1 saturated carbocycles. The molecule has 1 aliphatic carbocycles. The number of pyridine rings is 1. The molecule has 0 saturated heterocycles. The molecule has 1 aromatic rings. The molecule has 3 heteroatoms. The lowest BCUT2D eigenvalue weighted by Crippen LogP contribution is -2.32. The summed E-state index contributed by atoms with van der Waals surface area (Å²) >= 11 is 0. The first-order chi connectivity index (χ1) is 9.33. The Hall–Kier alpha value is -1.09. The van der Waals surface area contributed by atoms with Crippen LogP contribution in [0.2, 0.25) is 0 Å². The number of anilines is 1. The maximum absolute atomic E-state index is 4.32. The van der Waals surface area contributed by atoms with Crippen LogP contribution < -0.4 is 10.2 Å². The van der Waals surface area contributed by atoms with Gasteiger partial charge in [0.25, 0.3) is 0 Å². The van der Waals surface area contributed by atoms with Crippen LogP contribution in [0.5, 0.6) is 0 Å².